The van der Waals surface area contributed by atoms with Crippen LogP contribution in [0.3, 0.4) is 0 Å². The zero-order valence-corrected chi connectivity index (χ0v) is 11.0. The lowest BCUT2D eigenvalue weighted by atomic mass is 10.2. The summed E-state index contributed by atoms with van der Waals surface area (Å²) in [5, 5.41) is 2.56. The number of ether oxygens (including phenoxy) is 2. The van der Waals surface area contributed by atoms with Crippen LogP contribution in [0.25, 0.3) is 0 Å². The number of nitrogens with one attached hydrogen (secondary N) is 1. The van der Waals surface area contributed by atoms with Gasteiger partial charge in [0.2, 0.25) is 0 Å². The van der Waals surface area contributed by atoms with Gasteiger partial charge in [-0.25, -0.2) is 9.37 Å². The van der Waals surface area contributed by atoms with Crippen LogP contribution in [0.4, 0.5) is 10.2 Å². The van der Waals surface area contributed by atoms with E-state index in [4.69, 9.17) is 9.47 Å². The first-order valence-electron chi connectivity index (χ1n) is 5.79. The molecule has 104 valence electrons. The van der Waals surface area contributed by atoms with Crippen LogP contribution < -0.4 is 14.8 Å². The first kappa shape index (κ1) is 13.8. The van der Waals surface area contributed by atoms with Crippen LogP contribution in [0, 0.1) is 5.82 Å². The number of halogens is 1. The fourth-order valence-corrected chi connectivity index (χ4v) is 1.62. The number of pyridine rings is 1. The minimum absolute atomic E-state index is 0.270. The fourth-order valence-electron chi connectivity index (χ4n) is 1.62. The molecule has 0 saturated carbocycles. The van der Waals surface area contributed by atoms with E-state index in [0.29, 0.717) is 17.1 Å². The quantitative estimate of drug-likeness (QED) is 0.932. The van der Waals surface area contributed by atoms with Gasteiger partial charge in [-0.15, -0.1) is 0 Å². The van der Waals surface area contributed by atoms with E-state index in [2.05, 4.69) is 10.3 Å². The van der Waals surface area contributed by atoms with Crippen LogP contribution in [-0.4, -0.2) is 25.1 Å². The zero-order chi connectivity index (χ0) is 14.5. The maximum absolute atomic E-state index is 12.7. The van der Waals surface area contributed by atoms with Gasteiger partial charge in [-0.2, -0.15) is 0 Å². The smallest absolute Gasteiger partial charge is 0.256 e. The number of benzene rings is 1. The number of anilines is 1. The van der Waals surface area contributed by atoms with E-state index in [0.717, 1.165) is 6.20 Å². The van der Waals surface area contributed by atoms with Crippen LogP contribution in [0.15, 0.2) is 36.5 Å². The first-order valence-corrected chi connectivity index (χ1v) is 5.79. The summed E-state index contributed by atoms with van der Waals surface area (Å²) in [5.41, 5.74) is 0.383. The number of rotatable bonds is 4. The molecule has 0 saturated heterocycles. The molecule has 1 aromatic heterocycles. The van der Waals surface area contributed by atoms with E-state index in [-0.39, 0.29) is 11.7 Å². The van der Waals surface area contributed by atoms with Gasteiger partial charge in [-0.05, 0) is 30.3 Å². The van der Waals surface area contributed by atoms with Crippen LogP contribution >= 0.6 is 0 Å². The third kappa shape index (κ3) is 3.03. The molecule has 0 bridgehead atoms. The number of hydrogen-bond acceptors (Lipinski definition) is 4. The predicted molar refractivity (Wildman–Crippen MR) is 71.7 cm³/mol. The summed E-state index contributed by atoms with van der Waals surface area (Å²) >= 11 is 0. The second-order valence-corrected chi connectivity index (χ2v) is 3.89. The molecule has 6 heteroatoms. The SMILES string of the molecule is COc1ccc(C(=O)Nc2ccc(F)cn2)cc1OC. The summed E-state index contributed by atoms with van der Waals surface area (Å²) in [6, 6.07) is 7.38. The third-order valence-electron chi connectivity index (χ3n) is 2.61. The molecule has 0 radical (unpaired) electrons. The van der Waals surface area contributed by atoms with Crippen molar-refractivity contribution in [3.8, 4) is 11.5 Å². The Morgan fingerprint density at radius 2 is 1.90 bits per heavy atom. The largest absolute Gasteiger partial charge is 0.493 e. The number of nitrogens with zero attached hydrogens (tertiary/aromatic N) is 1. The molecular formula is C14H13FN2O3. The molecule has 0 fully saturated rings. The summed E-state index contributed by atoms with van der Waals surface area (Å²) in [5.74, 6) is 0.418. The predicted octanol–water partition coefficient (Wildman–Crippen LogP) is 2.49. The van der Waals surface area contributed by atoms with Gasteiger partial charge < -0.3 is 14.8 Å². The highest BCUT2D eigenvalue weighted by Gasteiger charge is 2.11. The molecule has 2 rings (SSSR count). The monoisotopic (exact) mass is 276 g/mol. The average molecular weight is 276 g/mol. The lowest BCUT2D eigenvalue weighted by Gasteiger charge is -2.09. The minimum atomic E-state index is -0.464. The normalized spacial score (nSPS) is 9.95. The molecule has 5 nitrogen and oxygen atoms in total. The molecule has 0 spiro atoms. The number of methoxy groups -OCH3 is 2. The van der Waals surface area contributed by atoms with Crippen molar-refractivity contribution in [2.75, 3.05) is 19.5 Å². The van der Waals surface area contributed by atoms with Gasteiger partial charge in [-0.1, -0.05) is 0 Å². The number of amides is 1. The van der Waals surface area contributed by atoms with E-state index in [1.54, 1.807) is 18.2 Å². The summed E-state index contributed by atoms with van der Waals surface area (Å²) < 4.78 is 22.9. The van der Waals surface area contributed by atoms with Crippen molar-refractivity contribution in [1.82, 2.24) is 4.98 Å². The zero-order valence-electron chi connectivity index (χ0n) is 11.0. The second kappa shape index (κ2) is 6.01. The van der Waals surface area contributed by atoms with Gasteiger partial charge in [0, 0.05) is 5.56 Å². The fraction of sp³-hybridized carbons (Fsp3) is 0.143. The van der Waals surface area contributed by atoms with Gasteiger partial charge in [0.1, 0.15) is 11.6 Å². The van der Waals surface area contributed by atoms with Crippen molar-refractivity contribution in [3.05, 3.63) is 47.9 Å². The standard InChI is InChI=1S/C14H13FN2O3/c1-19-11-5-3-9(7-12(11)20-2)14(18)17-13-6-4-10(15)8-16-13/h3-8H,1-2H3,(H,16,17,18). The van der Waals surface area contributed by atoms with Crippen LogP contribution in [0.1, 0.15) is 10.4 Å². The first-order chi connectivity index (χ1) is 9.63. The number of hydrogen-bond donors (Lipinski definition) is 1. The van der Waals surface area contributed by atoms with E-state index in [1.165, 1.54) is 26.4 Å². The molecule has 20 heavy (non-hydrogen) atoms. The average Bonchev–Trinajstić information content (AvgIpc) is 2.48. The van der Waals surface area contributed by atoms with Crippen molar-refractivity contribution in [2.24, 2.45) is 0 Å². The highest BCUT2D eigenvalue weighted by molar-refractivity contribution is 6.04. The van der Waals surface area contributed by atoms with Crippen molar-refractivity contribution in [3.63, 3.8) is 0 Å². The molecule has 1 heterocycles. The lowest BCUT2D eigenvalue weighted by molar-refractivity contribution is 0.102. The molecule has 0 aliphatic carbocycles. The Morgan fingerprint density at radius 1 is 1.15 bits per heavy atom. The topological polar surface area (TPSA) is 60.5 Å². The van der Waals surface area contributed by atoms with Crippen LogP contribution in [0.2, 0.25) is 0 Å². The van der Waals surface area contributed by atoms with Crippen molar-refractivity contribution >= 4 is 11.7 Å². The second-order valence-electron chi connectivity index (χ2n) is 3.89. The number of carbonyl (C=O) groups excluding carboxylic acids is 1. The number of carbonyl (C=O) groups is 1. The van der Waals surface area contributed by atoms with E-state index >= 15 is 0 Å². The van der Waals surface area contributed by atoms with E-state index in [1.807, 2.05) is 0 Å². The van der Waals surface area contributed by atoms with Gasteiger partial charge >= 0.3 is 0 Å². The summed E-state index contributed by atoms with van der Waals surface area (Å²) in [6.07, 6.45) is 1.03. The molecule has 1 aromatic carbocycles. The third-order valence-corrected chi connectivity index (χ3v) is 2.61. The summed E-state index contributed by atoms with van der Waals surface area (Å²) in [6.45, 7) is 0. The Bertz CT molecular complexity index is 614. The highest BCUT2D eigenvalue weighted by Crippen LogP contribution is 2.27. The maximum atomic E-state index is 12.7. The highest BCUT2D eigenvalue weighted by atomic mass is 19.1. The summed E-state index contributed by atoms with van der Waals surface area (Å²) in [4.78, 5) is 15.8. The van der Waals surface area contributed by atoms with Crippen molar-refractivity contribution < 1.29 is 18.7 Å². The Labute approximate surface area is 115 Å². The maximum Gasteiger partial charge on any atom is 0.256 e. The Balaban J connectivity index is 2.18. The van der Waals surface area contributed by atoms with Crippen LogP contribution in [0.5, 0.6) is 11.5 Å². The van der Waals surface area contributed by atoms with Gasteiger partial charge in [0.15, 0.2) is 11.5 Å². The molecule has 1 N–H and O–H groups in total. The van der Waals surface area contributed by atoms with Crippen molar-refractivity contribution in [1.29, 1.82) is 0 Å². The van der Waals surface area contributed by atoms with Gasteiger partial charge in [0.05, 0.1) is 20.4 Å². The summed E-state index contributed by atoms with van der Waals surface area (Å²) in [7, 11) is 3.00. The Kier molecular flexibility index (Phi) is 4.14. The minimum Gasteiger partial charge on any atom is -0.493 e. The molecule has 0 aliphatic heterocycles. The number of aromatic nitrogens is 1. The molecule has 0 unspecified atom stereocenters. The van der Waals surface area contributed by atoms with Crippen molar-refractivity contribution in [2.45, 2.75) is 0 Å². The van der Waals surface area contributed by atoms with Gasteiger partial charge in [0.25, 0.3) is 5.91 Å². The molecule has 0 atom stereocenters. The lowest BCUT2D eigenvalue weighted by Crippen LogP contribution is -2.13. The molecular weight excluding hydrogens is 263 g/mol. The van der Waals surface area contributed by atoms with Crippen LogP contribution in [-0.2, 0) is 0 Å². The van der Waals surface area contributed by atoms with Gasteiger partial charge in [-0.3, -0.25) is 4.79 Å². The Morgan fingerprint density at radius 3 is 2.50 bits per heavy atom. The molecule has 2 aromatic rings. The van der Waals surface area contributed by atoms with E-state index < -0.39 is 5.82 Å². The Hall–Kier alpha value is -2.63. The van der Waals surface area contributed by atoms with E-state index in [9.17, 15) is 9.18 Å². The molecule has 1 amide bonds. The molecule has 0 aliphatic rings.